The summed E-state index contributed by atoms with van der Waals surface area (Å²) in [6.45, 7) is 2.60. The van der Waals surface area contributed by atoms with E-state index < -0.39 is 11.4 Å². The molecular formula is C10H15NO4. The second-order valence-corrected chi connectivity index (χ2v) is 3.74. The highest BCUT2D eigenvalue weighted by Gasteiger charge is 2.26. The van der Waals surface area contributed by atoms with Gasteiger partial charge in [0.05, 0.1) is 18.8 Å². The van der Waals surface area contributed by atoms with E-state index in [-0.39, 0.29) is 19.0 Å². The number of nitrogens with one attached hydrogen (secondary N) is 1. The van der Waals surface area contributed by atoms with Gasteiger partial charge in [-0.15, -0.1) is 0 Å². The lowest BCUT2D eigenvalue weighted by atomic mass is 10.1. The van der Waals surface area contributed by atoms with Crippen molar-refractivity contribution in [3.8, 4) is 0 Å². The Balaban J connectivity index is 2.71. The second-order valence-electron chi connectivity index (χ2n) is 3.74. The van der Waals surface area contributed by atoms with Crippen LogP contribution in [0.3, 0.4) is 0 Å². The third-order valence-electron chi connectivity index (χ3n) is 2.08. The third-order valence-corrected chi connectivity index (χ3v) is 2.08. The van der Waals surface area contributed by atoms with E-state index in [1.54, 1.807) is 26.0 Å². The van der Waals surface area contributed by atoms with Crippen LogP contribution in [0.2, 0.25) is 0 Å². The Kier molecular flexibility index (Phi) is 3.49. The van der Waals surface area contributed by atoms with Crippen molar-refractivity contribution in [2.45, 2.75) is 19.4 Å². The normalized spacial score (nSPS) is 11.5. The van der Waals surface area contributed by atoms with Crippen molar-refractivity contribution in [2.75, 3.05) is 13.2 Å². The first-order chi connectivity index (χ1) is 7.00. The van der Waals surface area contributed by atoms with E-state index in [4.69, 9.17) is 14.6 Å². The Bertz CT molecular complexity index is 341. The first-order valence-corrected chi connectivity index (χ1v) is 4.61. The molecule has 15 heavy (non-hydrogen) atoms. The molecule has 1 aromatic heterocycles. The molecule has 0 unspecified atom stereocenters. The summed E-state index contributed by atoms with van der Waals surface area (Å²) in [6, 6.07) is 3.21. The van der Waals surface area contributed by atoms with Crippen LogP contribution in [-0.4, -0.2) is 34.9 Å². The standard InChI is InChI=1S/C10H15NO4/c1-7-3-4-8(15-7)9(14)11-10(2,5-12)6-13/h3-4,12-13H,5-6H2,1-2H3,(H,11,14). The van der Waals surface area contributed by atoms with Crippen LogP contribution >= 0.6 is 0 Å². The molecule has 1 rings (SSSR count). The van der Waals surface area contributed by atoms with Crippen molar-refractivity contribution in [2.24, 2.45) is 0 Å². The zero-order chi connectivity index (χ0) is 11.5. The van der Waals surface area contributed by atoms with Crippen LogP contribution in [-0.2, 0) is 0 Å². The van der Waals surface area contributed by atoms with E-state index in [1.807, 2.05) is 0 Å². The molecule has 0 fully saturated rings. The van der Waals surface area contributed by atoms with E-state index in [9.17, 15) is 4.79 Å². The number of hydrogen-bond donors (Lipinski definition) is 3. The Morgan fingerprint density at radius 2 is 2.07 bits per heavy atom. The zero-order valence-corrected chi connectivity index (χ0v) is 8.78. The highest BCUT2D eigenvalue weighted by Crippen LogP contribution is 2.08. The van der Waals surface area contributed by atoms with Crippen molar-refractivity contribution in [1.82, 2.24) is 5.32 Å². The van der Waals surface area contributed by atoms with E-state index in [1.165, 1.54) is 0 Å². The molecule has 84 valence electrons. The van der Waals surface area contributed by atoms with Crippen LogP contribution in [0.25, 0.3) is 0 Å². The zero-order valence-electron chi connectivity index (χ0n) is 8.78. The van der Waals surface area contributed by atoms with Crippen LogP contribution in [0.4, 0.5) is 0 Å². The largest absolute Gasteiger partial charge is 0.456 e. The molecule has 5 heteroatoms. The van der Waals surface area contributed by atoms with E-state index in [0.29, 0.717) is 5.76 Å². The summed E-state index contributed by atoms with van der Waals surface area (Å²) in [5, 5.41) is 20.5. The molecule has 0 bridgehead atoms. The van der Waals surface area contributed by atoms with Crippen molar-refractivity contribution in [3.05, 3.63) is 23.7 Å². The monoisotopic (exact) mass is 213 g/mol. The van der Waals surface area contributed by atoms with Gasteiger partial charge >= 0.3 is 0 Å². The van der Waals surface area contributed by atoms with Gasteiger partial charge in [-0.2, -0.15) is 0 Å². The van der Waals surface area contributed by atoms with Crippen LogP contribution in [0.1, 0.15) is 23.2 Å². The van der Waals surface area contributed by atoms with E-state index >= 15 is 0 Å². The molecule has 1 amide bonds. The molecule has 3 N–H and O–H groups in total. The van der Waals surface area contributed by atoms with Crippen molar-refractivity contribution >= 4 is 5.91 Å². The Morgan fingerprint density at radius 1 is 1.47 bits per heavy atom. The van der Waals surface area contributed by atoms with Crippen LogP contribution in [0, 0.1) is 6.92 Å². The highest BCUT2D eigenvalue weighted by atomic mass is 16.3. The van der Waals surface area contributed by atoms with Gasteiger partial charge in [0, 0.05) is 0 Å². The van der Waals surface area contributed by atoms with Crippen LogP contribution in [0.15, 0.2) is 16.5 Å². The number of carbonyl (C=O) groups excluding carboxylic acids is 1. The number of amides is 1. The molecule has 0 atom stereocenters. The molecule has 0 aromatic carbocycles. The number of carbonyl (C=O) groups is 1. The lowest BCUT2D eigenvalue weighted by Gasteiger charge is -2.25. The second kappa shape index (κ2) is 4.46. The third kappa shape index (κ3) is 2.81. The van der Waals surface area contributed by atoms with Gasteiger partial charge in [-0.1, -0.05) is 0 Å². The van der Waals surface area contributed by atoms with Gasteiger partial charge in [0.15, 0.2) is 5.76 Å². The SMILES string of the molecule is Cc1ccc(C(=O)NC(C)(CO)CO)o1. The van der Waals surface area contributed by atoms with Crippen LogP contribution in [0.5, 0.6) is 0 Å². The van der Waals surface area contributed by atoms with Gasteiger partial charge in [-0.25, -0.2) is 0 Å². The Labute approximate surface area is 87.7 Å². The lowest BCUT2D eigenvalue weighted by molar-refractivity contribution is 0.0699. The quantitative estimate of drug-likeness (QED) is 0.660. The molecule has 1 heterocycles. The predicted molar refractivity (Wildman–Crippen MR) is 53.5 cm³/mol. The van der Waals surface area contributed by atoms with Crippen molar-refractivity contribution in [1.29, 1.82) is 0 Å². The molecule has 0 spiro atoms. The summed E-state index contributed by atoms with van der Waals surface area (Å²) >= 11 is 0. The van der Waals surface area contributed by atoms with Crippen molar-refractivity contribution in [3.63, 3.8) is 0 Å². The van der Waals surface area contributed by atoms with Gasteiger partial charge < -0.3 is 19.9 Å². The summed E-state index contributed by atoms with van der Waals surface area (Å²) in [4.78, 5) is 11.6. The van der Waals surface area contributed by atoms with Gasteiger partial charge in [-0.05, 0) is 26.0 Å². The van der Waals surface area contributed by atoms with Gasteiger partial charge in [0.1, 0.15) is 5.76 Å². The number of rotatable bonds is 4. The molecule has 0 radical (unpaired) electrons. The lowest BCUT2D eigenvalue weighted by Crippen LogP contribution is -2.51. The van der Waals surface area contributed by atoms with E-state index in [2.05, 4.69) is 5.32 Å². The minimum atomic E-state index is -1.03. The topological polar surface area (TPSA) is 82.7 Å². The maximum atomic E-state index is 11.6. The summed E-state index contributed by atoms with van der Waals surface area (Å²) in [5.41, 5.74) is -1.03. The number of furan rings is 1. The maximum absolute atomic E-state index is 11.6. The fourth-order valence-electron chi connectivity index (χ4n) is 1.02. The number of hydrogen-bond acceptors (Lipinski definition) is 4. The van der Waals surface area contributed by atoms with Gasteiger partial charge in [0.25, 0.3) is 5.91 Å². The molecule has 5 nitrogen and oxygen atoms in total. The molecule has 1 aromatic rings. The summed E-state index contributed by atoms with van der Waals surface area (Å²) in [7, 11) is 0. The van der Waals surface area contributed by atoms with Crippen LogP contribution < -0.4 is 5.32 Å². The molecular weight excluding hydrogens is 198 g/mol. The number of aliphatic hydroxyl groups excluding tert-OH is 2. The molecule has 0 saturated carbocycles. The fourth-order valence-corrected chi connectivity index (χ4v) is 1.02. The first kappa shape index (κ1) is 11.7. The first-order valence-electron chi connectivity index (χ1n) is 4.61. The highest BCUT2D eigenvalue weighted by molar-refractivity contribution is 5.92. The molecule has 0 aliphatic heterocycles. The molecule has 0 saturated heterocycles. The Morgan fingerprint density at radius 3 is 2.47 bits per heavy atom. The minimum absolute atomic E-state index is 0.167. The van der Waals surface area contributed by atoms with Crippen molar-refractivity contribution < 1.29 is 19.4 Å². The summed E-state index contributed by atoms with van der Waals surface area (Å²) in [5.74, 6) is 0.351. The number of aryl methyl sites for hydroxylation is 1. The predicted octanol–water partition coefficient (Wildman–Crippen LogP) is 0.0611. The molecule has 0 aliphatic carbocycles. The average Bonchev–Trinajstić information content (AvgIpc) is 2.65. The average molecular weight is 213 g/mol. The fraction of sp³-hybridized carbons (Fsp3) is 0.500. The summed E-state index contributed by atoms with van der Waals surface area (Å²) < 4.78 is 5.10. The summed E-state index contributed by atoms with van der Waals surface area (Å²) in [6.07, 6.45) is 0. The maximum Gasteiger partial charge on any atom is 0.287 e. The van der Waals surface area contributed by atoms with Gasteiger partial charge in [-0.3, -0.25) is 4.79 Å². The number of aliphatic hydroxyl groups is 2. The smallest absolute Gasteiger partial charge is 0.287 e. The van der Waals surface area contributed by atoms with E-state index in [0.717, 1.165) is 0 Å². The Hall–Kier alpha value is -1.33. The molecule has 0 aliphatic rings. The minimum Gasteiger partial charge on any atom is -0.456 e. The van der Waals surface area contributed by atoms with Gasteiger partial charge in [0.2, 0.25) is 0 Å².